The fourth-order valence-corrected chi connectivity index (χ4v) is 3.11. The van der Waals surface area contributed by atoms with E-state index in [4.69, 9.17) is 0 Å². The van der Waals surface area contributed by atoms with E-state index in [2.05, 4.69) is 22.4 Å². The van der Waals surface area contributed by atoms with Crippen molar-refractivity contribution in [2.24, 2.45) is 0 Å². The molecule has 25 heavy (non-hydrogen) atoms. The van der Waals surface area contributed by atoms with Crippen LogP contribution in [-0.4, -0.2) is 16.9 Å². The Labute approximate surface area is 145 Å². The van der Waals surface area contributed by atoms with Crippen molar-refractivity contribution >= 4 is 5.91 Å². The molecule has 0 bridgehead atoms. The second-order valence-electron chi connectivity index (χ2n) is 6.31. The van der Waals surface area contributed by atoms with E-state index in [1.54, 1.807) is 12.1 Å². The van der Waals surface area contributed by atoms with Gasteiger partial charge in [0.15, 0.2) is 0 Å². The van der Waals surface area contributed by atoms with Gasteiger partial charge in [0, 0.05) is 17.7 Å². The molecule has 2 aromatic carbocycles. The Morgan fingerprint density at radius 3 is 2.28 bits per heavy atom. The standard InChI is InChI=1S/C21H18N2O2/c24-20-16(11-12-18(22-20)15-9-5-2-6-10-15)21(25)23-19-13-17(19)14-7-3-1-4-8-14/h1-12,17,19H,13H2,(H,22,24)(H,23,25)/t17-,19-/m1/s1. The molecule has 4 rings (SSSR count). The number of hydrogen-bond acceptors (Lipinski definition) is 2. The van der Waals surface area contributed by atoms with Gasteiger partial charge in [-0.3, -0.25) is 9.59 Å². The average Bonchev–Trinajstić information content (AvgIpc) is 3.42. The molecule has 1 saturated carbocycles. The highest BCUT2D eigenvalue weighted by atomic mass is 16.2. The number of hydrogen-bond donors (Lipinski definition) is 2. The summed E-state index contributed by atoms with van der Waals surface area (Å²) >= 11 is 0. The Morgan fingerprint density at radius 2 is 1.60 bits per heavy atom. The number of amides is 1. The van der Waals surface area contributed by atoms with Crippen LogP contribution in [0.25, 0.3) is 11.3 Å². The fourth-order valence-electron chi connectivity index (χ4n) is 3.11. The third kappa shape index (κ3) is 3.24. The SMILES string of the molecule is O=C(N[C@@H]1C[C@@H]1c1ccccc1)c1ccc(-c2ccccc2)[nH]c1=O. The summed E-state index contributed by atoms with van der Waals surface area (Å²) in [4.78, 5) is 27.5. The lowest BCUT2D eigenvalue weighted by atomic mass is 10.1. The summed E-state index contributed by atoms with van der Waals surface area (Å²) in [5.41, 5.74) is 2.63. The molecular weight excluding hydrogens is 312 g/mol. The van der Waals surface area contributed by atoms with Crippen molar-refractivity contribution in [3.05, 3.63) is 94.3 Å². The quantitative estimate of drug-likeness (QED) is 0.771. The van der Waals surface area contributed by atoms with Gasteiger partial charge in [0.1, 0.15) is 5.56 Å². The second kappa shape index (κ2) is 6.40. The van der Waals surface area contributed by atoms with Crippen molar-refractivity contribution in [2.75, 3.05) is 0 Å². The highest BCUT2D eigenvalue weighted by molar-refractivity contribution is 5.94. The van der Waals surface area contributed by atoms with Gasteiger partial charge in [0.25, 0.3) is 11.5 Å². The van der Waals surface area contributed by atoms with E-state index < -0.39 is 0 Å². The first-order valence-electron chi connectivity index (χ1n) is 8.37. The molecule has 0 spiro atoms. The molecule has 1 heterocycles. The maximum atomic E-state index is 12.4. The molecule has 4 heteroatoms. The molecule has 124 valence electrons. The van der Waals surface area contributed by atoms with Crippen LogP contribution in [0.3, 0.4) is 0 Å². The van der Waals surface area contributed by atoms with Crippen LogP contribution in [0.4, 0.5) is 0 Å². The molecule has 0 saturated heterocycles. The molecule has 2 atom stereocenters. The molecule has 1 aliphatic rings. The predicted octanol–water partition coefficient (Wildman–Crippen LogP) is 3.33. The average molecular weight is 330 g/mol. The third-order valence-electron chi connectivity index (χ3n) is 4.57. The first-order valence-corrected chi connectivity index (χ1v) is 8.37. The number of pyridine rings is 1. The van der Waals surface area contributed by atoms with Crippen molar-refractivity contribution in [3.63, 3.8) is 0 Å². The zero-order chi connectivity index (χ0) is 17.2. The Hall–Kier alpha value is -3.14. The van der Waals surface area contributed by atoms with E-state index in [0.29, 0.717) is 11.6 Å². The molecular formula is C21H18N2O2. The molecule has 1 aliphatic carbocycles. The van der Waals surface area contributed by atoms with E-state index in [1.807, 2.05) is 48.5 Å². The van der Waals surface area contributed by atoms with Crippen molar-refractivity contribution in [1.82, 2.24) is 10.3 Å². The summed E-state index contributed by atoms with van der Waals surface area (Å²) in [6, 6.07) is 23.1. The van der Waals surface area contributed by atoms with Gasteiger partial charge in [-0.15, -0.1) is 0 Å². The third-order valence-corrected chi connectivity index (χ3v) is 4.57. The summed E-state index contributed by atoms with van der Waals surface area (Å²) in [6.07, 6.45) is 0.912. The monoisotopic (exact) mass is 330 g/mol. The predicted molar refractivity (Wildman–Crippen MR) is 97.6 cm³/mol. The highest BCUT2D eigenvalue weighted by Gasteiger charge is 2.39. The molecule has 1 amide bonds. The molecule has 0 unspecified atom stereocenters. The number of aromatic amines is 1. The number of carbonyl (C=O) groups excluding carboxylic acids is 1. The Bertz CT molecular complexity index is 948. The van der Waals surface area contributed by atoms with E-state index in [0.717, 1.165) is 12.0 Å². The molecule has 4 nitrogen and oxygen atoms in total. The molecule has 0 radical (unpaired) electrons. The van der Waals surface area contributed by atoms with Gasteiger partial charge in [-0.25, -0.2) is 0 Å². The van der Waals surface area contributed by atoms with Crippen LogP contribution in [0.1, 0.15) is 28.3 Å². The second-order valence-corrected chi connectivity index (χ2v) is 6.31. The lowest BCUT2D eigenvalue weighted by Crippen LogP contribution is -2.31. The van der Waals surface area contributed by atoms with Crippen molar-refractivity contribution < 1.29 is 4.79 Å². The first-order chi connectivity index (χ1) is 12.2. The largest absolute Gasteiger partial charge is 0.348 e. The van der Waals surface area contributed by atoms with Crippen LogP contribution in [0, 0.1) is 0 Å². The van der Waals surface area contributed by atoms with Crippen molar-refractivity contribution in [2.45, 2.75) is 18.4 Å². The normalized spacial score (nSPS) is 18.6. The summed E-state index contributed by atoms with van der Waals surface area (Å²) in [6.45, 7) is 0. The van der Waals surface area contributed by atoms with Crippen LogP contribution in [0.5, 0.6) is 0 Å². The summed E-state index contributed by atoms with van der Waals surface area (Å²) in [5, 5.41) is 2.96. The number of carbonyl (C=O) groups is 1. The zero-order valence-electron chi connectivity index (χ0n) is 13.6. The number of H-pyrrole nitrogens is 1. The van der Waals surface area contributed by atoms with E-state index in [9.17, 15) is 9.59 Å². The maximum absolute atomic E-state index is 12.4. The summed E-state index contributed by atoms with van der Waals surface area (Å²) in [5.74, 6) is 0.0251. The van der Waals surface area contributed by atoms with Crippen LogP contribution < -0.4 is 10.9 Å². The molecule has 2 N–H and O–H groups in total. The van der Waals surface area contributed by atoms with E-state index in [1.165, 1.54) is 5.56 Å². The number of aromatic nitrogens is 1. The van der Waals surface area contributed by atoms with Gasteiger partial charge in [-0.2, -0.15) is 0 Å². The molecule has 3 aromatic rings. The first kappa shape index (κ1) is 15.4. The summed E-state index contributed by atoms with van der Waals surface area (Å²) < 4.78 is 0. The van der Waals surface area contributed by atoms with Crippen molar-refractivity contribution in [3.8, 4) is 11.3 Å². The van der Waals surface area contributed by atoms with E-state index >= 15 is 0 Å². The minimum absolute atomic E-state index is 0.100. The van der Waals surface area contributed by atoms with Crippen LogP contribution >= 0.6 is 0 Å². The lowest BCUT2D eigenvalue weighted by molar-refractivity contribution is 0.0949. The van der Waals surface area contributed by atoms with Gasteiger partial charge in [0.2, 0.25) is 0 Å². The summed E-state index contributed by atoms with van der Waals surface area (Å²) in [7, 11) is 0. The number of nitrogens with one attached hydrogen (secondary N) is 2. The molecule has 0 aliphatic heterocycles. The smallest absolute Gasteiger partial charge is 0.261 e. The minimum atomic E-state index is -0.365. The molecule has 1 aromatic heterocycles. The Balaban J connectivity index is 1.47. The van der Waals surface area contributed by atoms with Gasteiger partial charge in [0.05, 0.1) is 0 Å². The Kier molecular flexibility index (Phi) is 3.94. The van der Waals surface area contributed by atoms with Crippen LogP contribution in [0.2, 0.25) is 0 Å². The highest BCUT2D eigenvalue weighted by Crippen LogP contribution is 2.40. The van der Waals surface area contributed by atoms with E-state index in [-0.39, 0.29) is 23.1 Å². The van der Waals surface area contributed by atoms with Gasteiger partial charge >= 0.3 is 0 Å². The number of rotatable bonds is 4. The van der Waals surface area contributed by atoms with Gasteiger partial charge in [-0.05, 0) is 29.7 Å². The lowest BCUT2D eigenvalue weighted by Gasteiger charge is -2.06. The van der Waals surface area contributed by atoms with Crippen LogP contribution in [-0.2, 0) is 0 Å². The maximum Gasteiger partial charge on any atom is 0.261 e. The van der Waals surface area contributed by atoms with Gasteiger partial charge < -0.3 is 10.3 Å². The minimum Gasteiger partial charge on any atom is -0.348 e. The van der Waals surface area contributed by atoms with Crippen LogP contribution in [0.15, 0.2) is 77.6 Å². The van der Waals surface area contributed by atoms with Gasteiger partial charge in [-0.1, -0.05) is 60.7 Å². The van der Waals surface area contributed by atoms with Crippen molar-refractivity contribution in [1.29, 1.82) is 0 Å². The number of benzene rings is 2. The fraction of sp³-hybridized carbons (Fsp3) is 0.143. The zero-order valence-corrected chi connectivity index (χ0v) is 13.6. The Morgan fingerprint density at radius 1 is 0.920 bits per heavy atom. The topological polar surface area (TPSA) is 62.0 Å². The molecule has 1 fully saturated rings.